The average molecular weight is 680 g/mol. The van der Waals surface area contributed by atoms with Crippen LogP contribution in [0.4, 0.5) is 17.6 Å². The molecular weight excluding hydrogens is 642 g/mol. The number of amides is 1. The standard InChI is InChI=1S/C34H38ClF4N3O5/c1-5-7-28(42-16-21(10-11-41-17-23(18-41)47-4)25(14-29(42)43)34(37,38)39)33(46)40-27(15-30(44)45)24-12-22(13-26(35)32(24)36)31-19(2)8-6-9-20(31)3/h6,8-9,12-14,16,23,27-28H,5,7,10-11,15,17-18H2,1-4H3,(H,40,46)(H,44,45)/t27-,28-/m0/s1. The second-order valence-corrected chi connectivity index (χ2v) is 12.3. The molecule has 1 saturated heterocycles. The van der Waals surface area contributed by atoms with E-state index in [2.05, 4.69) is 5.32 Å². The number of carboxylic acid groups (broad SMARTS) is 1. The number of hydrogen-bond acceptors (Lipinski definition) is 5. The molecule has 1 amide bonds. The summed E-state index contributed by atoms with van der Waals surface area (Å²) in [5.41, 5.74) is 0.551. The molecule has 254 valence electrons. The highest BCUT2D eigenvalue weighted by Gasteiger charge is 2.36. The van der Waals surface area contributed by atoms with Crippen molar-refractivity contribution in [2.24, 2.45) is 0 Å². The number of rotatable bonds is 13. The van der Waals surface area contributed by atoms with Crippen molar-refractivity contribution in [3.63, 3.8) is 0 Å². The molecule has 2 atom stereocenters. The van der Waals surface area contributed by atoms with Crippen LogP contribution in [0.25, 0.3) is 11.1 Å². The lowest BCUT2D eigenvalue weighted by atomic mass is 9.92. The zero-order chi connectivity index (χ0) is 34.6. The Hall–Kier alpha value is -3.74. The Kier molecular flexibility index (Phi) is 11.5. The molecule has 3 aromatic rings. The lowest BCUT2D eigenvalue weighted by molar-refractivity contribution is -0.139. The first-order valence-electron chi connectivity index (χ1n) is 15.3. The number of carbonyl (C=O) groups is 2. The Labute approximate surface area is 275 Å². The number of likely N-dealkylation sites (tertiary alicyclic amines) is 1. The predicted molar refractivity (Wildman–Crippen MR) is 170 cm³/mol. The van der Waals surface area contributed by atoms with Crippen molar-refractivity contribution >= 4 is 23.5 Å². The molecule has 1 aliphatic rings. The van der Waals surface area contributed by atoms with Gasteiger partial charge in [-0.3, -0.25) is 19.3 Å². The molecule has 0 unspecified atom stereocenters. The van der Waals surface area contributed by atoms with Crippen molar-refractivity contribution < 1.29 is 37.0 Å². The van der Waals surface area contributed by atoms with Crippen LogP contribution in [0.5, 0.6) is 0 Å². The van der Waals surface area contributed by atoms with Gasteiger partial charge in [0.05, 0.1) is 29.2 Å². The van der Waals surface area contributed by atoms with Gasteiger partial charge in [0.1, 0.15) is 11.9 Å². The summed E-state index contributed by atoms with van der Waals surface area (Å²) in [5, 5.41) is 12.0. The number of halogens is 5. The molecule has 1 aliphatic heterocycles. The summed E-state index contributed by atoms with van der Waals surface area (Å²) in [6, 6.07) is 6.22. The van der Waals surface area contributed by atoms with Gasteiger partial charge in [-0.15, -0.1) is 0 Å². The molecule has 0 aliphatic carbocycles. The summed E-state index contributed by atoms with van der Waals surface area (Å²) >= 11 is 6.29. The molecule has 1 aromatic heterocycles. The molecule has 47 heavy (non-hydrogen) atoms. The van der Waals surface area contributed by atoms with Crippen LogP contribution in [0.3, 0.4) is 0 Å². The number of ether oxygens (including phenoxy) is 1. The summed E-state index contributed by atoms with van der Waals surface area (Å²) in [5.74, 6) is -3.11. The molecule has 2 N–H and O–H groups in total. The Morgan fingerprint density at radius 2 is 1.81 bits per heavy atom. The Balaban J connectivity index is 1.72. The van der Waals surface area contributed by atoms with Crippen LogP contribution >= 0.6 is 11.6 Å². The van der Waals surface area contributed by atoms with E-state index in [9.17, 15) is 32.7 Å². The molecule has 0 bridgehead atoms. The van der Waals surface area contributed by atoms with Crippen LogP contribution in [0.15, 0.2) is 47.4 Å². The molecule has 2 heterocycles. The smallest absolute Gasteiger partial charge is 0.416 e. The maximum absolute atomic E-state index is 15.6. The van der Waals surface area contributed by atoms with Crippen molar-refractivity contribution in [2.45, 2.75) is 70.8 Å². The predicted octanol–water partition coefficient (Wildman–Crippen LogP) is 6.49. The van der Waals surface area contributed by atoms with E-state index in [-0.39, 0.29) is 41.6 Å². The summed E-state index contributed by atoms with van der Waals surface area (Å²) < 4.78 is 63.7. The fourth-order valence-corrected chi connectivity index (χ4v) is 6.29. The SMILES string of the molecule is CCC[C@@H](C(=O)N[C@@H](CC(=O)O)c1cc(-c2c(C)cccc2C)cc(Cl)c1F)n1cc(CCN2CC(OC)C2)c(C(F)(F)F)cc1=O. The van der Waals surface area contributed by atoms with Crippen LogP contribution < -0.4 is 10.9 Å². The number of carboxylic acids is 1. The van der Waals surface area contributed by atoms with Crippen molar-refractivity contribution in [1.29, 1.82) is 0 Å². The largest absolute Gasteiger partial charge is 0.481 e. The minimum Gasteiger partial charge on any atom is -0.481 e. The highest BCUT2D eigenvalue weighted by Crippen LogP contribution is 2.36. The first-order chi connectivity index (χ1) is 22.1. The fraction of sp³-hybridized carbons (Fsp3) is 0.441. The maximum Gasteiger partial charge on any atom is 0.416 e. The van der Waals surface area contributed by atoms with Gasteiger partial charge < -0.3 is 19.7 Å². The van der Waals surface area contributed by atoms with E-state index in [0.717, 1.165) is 27.5 Å². The Bertz CT molecular complexity index is 1670. The van der Waals surface area contributed by atoms with Crippen LogP contribution in [-0.4, -0.2) is 59.3 Å². The summed E-state index contributed by atoms with van der Waals surface area (Å²) in [6.07, 6.45) is -4.10. The molecule has 4 rings (SSSR count). The third-order valence-electron chi connectivity index (χ3n) is 8.52. The number of methoxy groups -OCH3 is 1. The van der Waals surface area contributed by atoms with E-state index in [0.29, 0.717) is 31.1 Å². The van der Waals surface area contributed by atoms with Crippen molar-refractivity contribution in [3.05, 3.63) is 91.6 Å². The minimum absolute atomic E-state index is 0.00331. The van der Waals surface area contributed by atoms with Crippen LogP contribution in [-0.2, 0) is 26.9 Å². The number of aryl methyl sites for hydroxylation is 2. The van der Waals surface area contributed by atoms with Crippen molar-refractivity contribution in [2.75, 3.05) is 26.7 Å². The van der Waals surface area contributed by atoms with E-state index in [1.807, 2.05) is 36.9 Å². The van der Waals surface area contributed by atoms with Gasteiger partial charge in [0.25, 0.3) is 5.56 Å². The number of carbonyl (C=O) groups excluding carboxylic acids is 1. The molecule has 2 aromatic carbocycles. The first-order valence-corrected chi connectivity index (χ1v) is 15.7. The molecular formula is C34H38ClF4N3O5. The van der Waals surface area contributed by atoms with E-state index in [1.54, 1.807) is 14.0 Å². The number of benzene rings is 2. The van der Waals surface area contributed by atoms with Gasteiger partial charge >= 0.3 is 12.1 Å². The van der Waals surface area contributed by atoms with E-state index < -0.39 is 53.5 Å². The quantitative estimate of drug-likeness (QED) is 0.201. The zero-order valence-corrected chi connectivity index (χ0v) is 27.3. The third kappa shape index (κ3) is 8.41. The number of nitrogens with zero attached hydrogens (tertiary/aromatic N) is 2. The molecule has 0 radical (unpaired) electrons. The Morgan fingerprint density at radius 1 is 1.15 bits per heavy atom. The Morgan fingerprint density at radius 3 is 2.38 bits per heavy atom. The number of aromatic nitrogens is 1. The van der Waals surface area contributed by atoms with Crippen LogP contribution in [0.1, 0.15) is 66.1 Å². The topological polar surface area (TPSA) is 101 Å². The van der Waals surface area contributed by atoms with E-state index in [1.165, 1.54) is 12.1 Å². The number of alkyl halides is 3. The van der Waals surface area contributed by atoms with E-state index in [4.69, 9.17) is 16.3 Å². The number of aliphatic carboxylic acids is 1. The number of nitrogens with one attached hydrogen (secondary N) is 1. The van der Waals surface area contributed by atoms with Crippen molar-refractivity contribution in [3.8, 4) is 11.1 Å². The third-order valence-corrected chi connectivity index (χ3v) is 8.80. The highest BCUT2D eigenvalue weighted by molar-refractivity contribution is 6.31. The monoisotopic (exact) mass is 679 g/mol. The van der Waals surface area contributed by atoms with E-state index >= 15 is 4.39 Å². The van der Waals surface area contributed by atoms with Gasteiger partial charge in [0.2, 0.25) is 5.91 Å². The first kappa shape index (κ1) is 36.1. The highest BCUT2D eigenvalue weighted by atomic mass is 35.5. The van der Waals surface area contributed by atoms with Gasteiger partial charge in [-0.1, -0.05) is 43.1 Å². The number of hydrogen-bond donors (Lipinski definition) is 2. The number of pyridine rings is 1. The summed E-state index contributed by atoms with van der Waals surface area (Å²) in [6.45, 7) is 6.86. The van der Waals surface area contributed by atoms with Gasteiger partial charge in [-0.2, -0.15) is 13.2 Å². The van der Waals surface area contributed by atoms with Gasteiger partial charge in [0.15, 0.2) is 0 Å². The maximum atomic E-state index is 15.6. The van der Waals surface area contributed by atoms with Crippen molar-refractivity contribution in [1.82, 2.24) is 14.8 Å². The summed E-state index contributed by atoms with van der Waals surface area (Å²) in [7, 11) is 1.56. The molecule has 1 fully saturated rings. The summed E-state index contributed by atoms with van der Waals surface area (Å²) in [4.78, 5) is 40.8. The van der Waals surface area contributed by atoms with Crippen LogP contribution in [0, 0.1) is 19.7 Å². The van der Waals surface area contributed by atoms with Gasteiger partial charge in [-0.25, -0.2) is 4.39 Å². The molecule has 13 heteroatoms. The minimum atomic E-state index is -4.80. The zero-order valence-electron chi connectivity index (χ0n) is 26.6. The van der Waals surface area contributed by atoms with Gasteiger partial charge in [0, 0.05) is 44.6 Å². The average Bonchev–Trinajstić information content (AvgIpc) is 2.96. The lowest BCUT2D eigenvalue weighted by Gasteiger charge is -2.38. The van der Waals surface area contributed by atoms with Crippen LogP contribution in [0.2, 0.25) is 5.02 Å². The second-order valence-electron chi connectivity index (χ2n) is 11.9. The second kappa shape index (κ2) is 15.0. The van der Waals surface area contributed by atoms with Gasteiger partial charge in [-0.05, 0) is 66.6 Å². The molecule has 0 spiro atoms. The fourth-order valence-electron chi connectivity index (χ4n) is 6.06. The molecule has 0 saturated carbocycles. The normalized spacial score (nSPS) is 15.3. The lowest BCUT2D eigenvalue weighted by Crippen LogP contribution is -2.52. The molecule has 8 nitrogen and oxygen atoms in total.